The summed E-state index contributed by atoms with van der Waals surface area (Å²) in [5.41, 5.74) is -0.934. The minimum Gasteiger partial charge on any atom is -0.404 e. The van der Waals surface area contributed by atoms with Crippen LogP contribution in [0.1, 0.15) is 34.6 Å². The van der Waals surface area contributed by atoms with Crippen LogP contribution < -0.4 is 10.4 Å². The molecule has 1 heterocycles. The third-order valence-corrected chi connectivity index (χ3v) is 11.2. The van der Waals surface area contributed by atoms with Gasteiger partial charge in [0, 0.05) is 0 Å². The largest absolute Gasteiger partial charge is 0.404 e. The molecule has 1 saturated heterocycles. The van der Waals surface area contributed by atoms with Crippen LogP contribution in [-0.4, -0.2) is 43.6 Å². The van der Waals surface area contributed by atoms with Gasteiger partial charge in [0.1, 0.15) is 12.2 Å². The highest BCUT2D eigenvalue weighted by molar-refractivity contribution is 6.99. The molecule has 1 fully saturated rings. The summed E-state index contributed by atoms with van der Waals surface area (Å²) < 4.78 is 19.4. The van der Waals surface area contributed by atoms with Gasteiger partial charge in [-0.05, 0) is 29.3 Å². The van der Waals surface area contributed by atoms with E-state index >= 15 is 0 Å². The number of ether oxygens (including phenoxy) is 2. The van der Waals surface area contributed by atoms with E-state index < -0.39 is 25.8 Å². The molecule has 0 bridgehead atoms. The van der Waals surface area contributed by atoms with Crippen LogP contribution in [0.4, 0.5) is 0 Å². The Kier molecular flexibility index (Phi) is 5.32. The van der Waals surface area contributed by atoms with Gasteiger partial charge in [0.25, 0.3) is 8.32 Å². The highest BCUT2D eigenvalue weighted by Gasteiger charge is 2.61. The van der Waals surface area contributed by atoms with Crippen LogP contribution >= 0.6 is 0 Å². The maximum atomic E-state index is 10.9. The molecule has 2 aromatic rings. The number of hydrogen-bond acceptors (Lipinski definition) is 4. The summed E-state index contributed by atoms with van der Waals surface area (Å²) in [5.74, 6) is -0.773. The summed E-state index contributed by atoms with van der Waals surface area (Å²) in [6, 6.07) is 21.0. The summed E-state index contributed by atoms with van der Waals surface area (Å²) in [4.78, 5) is 0. The van der Waals surface area contributed by atoms with Crippen LogP contribution in [0.3, 0.4) is 0 Å². The highest BCUT2D eigenvalue weighted by atomic mass is 28.4. The van der Waals surface area contributed by atoms with Gasteiger partial charge in [-0.2, -0.15) is 0 Å². The van der Waals surface area contributed by atoms with Crippen molar-refractivity contribution in [2.24, 2.45) is 0 Å². The van der Waals surface area contributed by atoms with Crippen molar-refractivity contribution in [3.63, 3.8) is 0 Å². The van der Waals surface area contributed by atoms with Crippen molar-refractivity contribution in [2.75, 3.05) is 6.61 Å². The lowest BCUT2D eigenvalue weighted by Gasteiger charge is -2.45. The molecule has 1 aliphatic carbocycles. The Bertz CT molecular complexity index is 864. The van der Waals surface area contributed by atoms with Crippen LogP contribution in [0.25, 0.3) is 0 Å². The van der Waals surface area contributed by atoms with E-state index in [2.05, 4.69) is 69.3 Å². The lowest BCUT2D eigenvalue weighted by molar-refractivity contribution is -0.186. The van der Waals surface area contributed by atoms with Gasteiger partial charge in [0.15, 0.2) is 11.4 Å². The average molecular weight is 425 g/mol. The zero-order chi connectivity index (χ0) is 21.6. The molecule has 5 heteroatoms. The van der Waals surface area contributed by atoms with E-state index in [1.165, 1.54) is 10.4 Å². The molecule has 160 valence electrons. The molecule has 0 radical (unpaired) electrons. The van der Waals surface area contributed by atoms with E-state index in [0.717, 1.165) is 0 Å². The lowest BCUT2D eigenvalue weighted by Crippen LogP contribution is -2.68. The van der Waals surface area contributed by atoms with Crippen LogP contribution in [0.2, 0.25) is 5.04 Å². The summed E-state index contributed by atoms with van der Waals surface area (Å²) in [5, 5.41) is 13.1. The molecular formula is C25H32O4Si. The van der Waals surface area contributed by atoms with E-state index in [0.29, 0.717) is 0 Å². The molecule has 2 aliphatic rings. The van der Waals surface area contributed by atoms with Crippen molar-refractivity contribution in [1.82, 2.24) is 0 Å². The summed E-state index contributed by atoms with van der Waals surface area (Å²) in [7, 11) is -2.73. The first-order valence-electron chi connectivity index (χ1n) is 10.6. The minimum atomic E-state index is -2.73. The smallest absolute Gasteiger partial charge is 0.261 e. The average Bonchev–Trinajstić information content (AvgIpc) is 3.13. The maximum absolute atomic E-state index is 10.9. The minimum absolute atomic E-state index is 0.145. The van der Waals surface area contributed by atoms with Crippen LogP contribution in [0.5, 0.6) is 0 Å². The monoisotopic (exact) mass is 424 g/mol. The molecule has 4 nitrogen and oxygen atoms in total. The predicted molar refractivity (Wildman–Crippen MR) is 121 cm³/mol. The van der Waals surface area contributed by atoms with Crippen molar-refractivity contribution in [2.45, 2.75) is 63.3 Å². The lowest BCUT2D eigenvalue weighted by atomic mass is 9.98. The Hall–Kier alpha value is -1.76. The second-order valence-electron chi connectivity index (χ2n) is 9.78. The van der Waals surface area contributed by atoms with Gasteiger partial charge in [-0.25, -0.2) is 0 Å². The molecule has 0 aromatic heterocycles. The third kappa shape index (κ3) is 3.39. The second kappa shape index (κ2) is 7.43. The molecule has 1 unspecified atom stereocenters. The van der Waals surface area contributed by atoms with Crippen LogP contribution in [0.15, 0.2) is 72.8 Å². The number of aliphatic hydroxyl groups excluding tert-OH is 1. The first kappa shape index (κ1) is 21.5. The van der Waals surface area contributed by atoms with Crippen molar-refractivity contribution in [1.29, 1.82) is 0 Å². The molecule has 1 N–H and O–H groups in total. The second-order valence-corrected chi connectivity index (χ2v) is 14.1. The number of hydrogen-bond donors (Lipinski definition) is 1. The number of rotatable bonds is 5. The third-order valence-electron chi connectivity index (χ3n) is 6.23. The van der Waals surface area contributed by atoms with Gasteiger partial charge in [-0.15, -0.1) is 0 Å². The fourth-order valence-corrected chi connectivity index (χ4v) is 9.52. The van der Waals surface area contributed by atoms with E-state index in [-0.39, 0.29) is 17.7 Å². The summed E-state index contributed by atoms with van der Waals surface area (Å²) in [6.45, 7) is 10.8. The quantitative estimate of drug-likeness (QED) is 0.590. The van der Waals surface area contributed by atoms with Gasteiger partial charge >= 0.3 is 0 Å². The van der Waals surface area contributed by atoms with Gasteiger partial charge in [-0.3, -0.25) is 0 Å². The fourth-order valence-electron chi connectivity index (χ4n) is 4.92. The van der Waals surface area contributed by atoms with Crippen molar-refractivity contribution >= 4 is 18.7 Å². The molecule has 2 aromatic carbocycles. The van der Waals surface area contributed by atoms with E-state index in [1.807, 2.05) is 32.1 Å². The normalized spacial score (nSPS) is 27.9. The highest BCUT2D eigenvalue weighted by Crippen LogP contribution is 2.45. The number of benzene rings is 2. The van der Waals surface area contributed by atoms with E-state index in [1.54, 1.807) is 6.08 Å². The molecule has 0 amide bonds. The van der Waals surface area contributed by atoms with Crippen molar-refractivity contribution < 1.29 is 19.0 Å². The molecule has 0 saturated carbocycles. The zero-order valence-electron chi connectivity index (χ0n) is 18.5. The van der Waals surface area contributed by atoms with E-state index in [4.69, 9.17) is 13.9 Å². The van der Waals surface area contributed by atoms with Gasteiger partial charge in [0.05, 0.1) is 6.61 Å². The van der Waals surface area contributed by atoms with Crippen molar-refractivity contribution in [3.8, 4) is 0 Å². The predicted octanol–water partition coefficient (Wildman–Crippen LogP) is 3.38. The van der Waals surface area contributed by atoms with E-state index in [9.17, 15) is 5.11 Å². The maximum Gasteiger partial charge on any atom is 0.261 e. The first-order valence-corrected chi connectivity index (χ1v) is 12.5. The van der Waals surface area contributed by atoms with Crippen LogP contribution in [0, 0.1) is 0 Å². The molecule has 3 atom stereocenters. The Morgan fingerprint density at radius 3 is 1.97 bits per heavy atom. The standard InChI is InChI=1S/C25H32O4Si/c1-23(2,3)30(19-12-8-6-9-13-19,20-14-10-7-11-15-20)27-18-25-21(26)16-17-22(25)28-24(4,5)29-25/h6-17,21-22,26H,18H2,1-5H3/t21?,22-,25+/m0/s1. The number of aliphatic hydroxyl groups is 1. The molecular weight excluding hydrogens is 392 g/mol. The molecule has 1 aliphatic heterocycles. The topological polar surface area (TPSA) is 47.9 Å². The van der Waals surface area contributed by atoms with Crippen molar-refractivity contribution in [3.05, 3.63) is 72.8 Å². The molecule has 4 rings (SSSR count). The number of fused-ring (bicyclic) bond motifs is 1. The Morgan fingerprint density at radius 2 is 1.47 bits per heavy atom. The van der Waals surface area contributed by atoms with Gasteiger partial charge < -0.3 is 19.0 Å². The SMILES string of the molecule is CC1(C)O[C@H]2C=CC(O)[C@@]2(CO[Si](c2ccccc2)(c2ccccc2)C(C)(C)C)O1. The van der Waals surface area contributed by atoms with Crippen LogP contribution in [-0.2, 0) is 13.9 Å². The molecule has 30 heavy (non-hydrogen) atoms. The fraction of sp³-hybridized carbons (Fsp3) is 0.440. The summed E-state index contributed by atoms with van der Waals surface area (Å²) >= 11 is 0. The molecule has 0 spiro atoms. The summed E-state index contributed by atoms with van der Waals surface area (Å²) in [6.07, 6.45) is 2.55. The Morgan fingerprint density at radius 1 is 0.933 bits per heavy atom. The Labute approximate surface area is 180 Å². The first-order chi connectivity index (χ1) is 14.1. The Balaban J connectivity index is 1.80. The van der Waals surface area contributed by atoms with Gasteiger partial charge in [0.2, 0.25) is 0 Å². The zero-order valence-corrected chi connectivity index (χ0v) is 19.5. The van der Waals surface area contributed by atoms with Gasteiger partial charge in [-0.1, -0.05) is 93.6 Å².